The first-order valence-corrected chi connectivity index (χ1v) is 10.8. The second-order valence-electron chi connectivity index (χ2n) is 10.2. The molecule has 2 saturated carbocycles. The molecule has 0 N–H and O–H groups in total. The molecule has 2 rings (SSSR count). The Hall–Kier alpha value is -0.260. The molecular weight excluding hydrogens is 288 g/mol. The van der Waals surface area contributed by atoms with Gasteiger partial charge in [-0.15, -0.1) is 0 Å². The van der Waals surface area contributed by atoms with E-state index in [4.69, 9.17) is 0 Å². The van der Waals surface area contributed by atoms with E-state index < -0.39 is 0 Å². The zero-order valence-electron chi connectivity index (χ0n) is 17.8. The van der Waals surface area contributed by atoms with Crippen molar-refractivity contribution in [1.82, 2.24) is 0 Å². The third kappa shape index (κ3) is 3.94. The average molecular weight is 333 g/mol. The lowest BCUT2D eigenvalue weighted by atomic mass is 9.59. The van der Waals surface area contributed by atoms with Gasteiger partial charge >= 0.3 is 0 Å². The Morgan fingerprint density at radius 2 is 1.38 bits per heavy atom. The van der Waals surface area contributed by atoms with E-state index >= 15 is 0 Å². The average Bonchev–Trinajstić information content (AvgIpc) is 2.53. The van der Waals surface area contributed by atoms with E-state index in [0.29, 0.717) is 5.92 Å². The minimum atomic E-state index is 0.672. The Bertz CT molecular complexity index is 422. The van der Waals surface area contributed by atoms with Gasteiger partial charge < -0.3 is 0 Å². The molecule has 2 aliphatic carbocycles. The van der Waals surface area contributed by atoms with Crippen LogP contribution in [-0.4, -0.2) is 0 Å². The summed E-state index contributed by atoms with van der Waals surface area (Å²) < 4.78 is 0. The van der Waals surface area contributed by atoms with Crippen LogP contribution in [0.3, 0.4) is 0 Å². The lowest BCUT2D eigenvalue weighted by Crippen LogP contribution is -2.39. The monoisotopic (exact) mass is 332 g/mol. The maximum Gasteiger partial charge on any atom is -0.0149 e. The van der Waals surface area contributed by atoms with Gasteiger partial charge in [0.05, 0.1) is 0 Å². The number of hydrogen-bond acceptors (Lipinski definition) is 0. The van der Waals surface area contributed by atoms with Crippen molar-refractivity contribution in [2.24, 2.45) is 59.2 Å². The van der Waals surface area contributed by atoms with Crippen LogP contribution in [0.2, 0.25) is 0 Å². The van der Waals surface area contributed by atoms with Gasteiger partial charge in [-0.2, -0.15) is 0 Å². The van der Waals surface area contributed by atoms with Gasteiger partial charge in [0.25, 0.3) is 0 Å². The molecule has 0 aromatic heterocycles. The van der Waals surface area contributed by atoms with Gasteiger partial charge in [-0.1, -0.05) is 74.0 Å². The second-order valence-corrected chi connectivity index (χ2v) is 10.2. The minimum Gasteiger partial charge on any atom is -0.0993 e. The normalized spacial score (nSPS) is 46.3. The fourth-order valence-electron chi connectivity index (χ4n) is 6.13. The first-order chi connectivity index (χ1) is 11.1. The summed E-state index contributed by atoms with van der Waals surface area (Å²) in [6.07, 6.45) is 5.69. The quantitative estimate of drug-likeness (QED) is 0.469. The van der Waals surface area contributed by atoms with Gasteiger partial charge in [0, 0.05) is 0 Å². The molecular formula is C24H44. The van der Waals surface area contributed by atoms with Crippen molar-refractivity contribution < 1.29 is 0 Å². The number of allylic oxidation sites excluding steroid dienone is 1. The van der Waals surface area contributed by atoms with E-state index in [2.05, 4.69) is 62.0 Å². The van der Waals surface area contributed by atoms with Gasteiger partial charge in [0.1, 0.15) is 0 Å². The maximum absolute atomic E-state index is 4.69. The van der Waals surface area contributed by atoms with Crippen LogP contribution in [0.25, 0.3) is 0 Å². The summed E-state index contributed by atoms with van der Waals surface area (Å²) in [7, 11) is 0. The highest BCUT2D eigenvalue weighted by molar-refractivity contribution is 5.11. The summed E-state index contributed by atoms with van der Waals surface area (Å²) in [6.45, 7) is 24.5. The zero-order valence-corrected chi connectivity index (χ0v) is 17.8. The summed E-state index contributed by atoms with van der Waals surface area (Å²) in [5.41, 5.74) is 1.58. The molecule has 10 atom stereocenters. The van der Waals surface area contributed by atoms with E-state index in [0.717, 1.165) is 53.3 Å². The van der Waals surface area contributed by atoms with E-state index in [1.807, 2.05) is 0 Å². The standard InChI is InChI=1S/C24H44/c1-14-10-11-23(13-15(14)2)20(7)19(6)22(9)24-17(4)12-16(3)18(5)21(24)8/h14-21,23-24H,9-13H2,1-8H3. The Kier molecular flexibility index (Phi) is 6.65. The van der Waals surface area contributed by atoms with Crippen LogP contribution in [0.15, 0.2) is 12.2 Å². The molecule has 0 heterocycles. The predicted octanol–water partition coefficient (Wildman–Crippen LogP) is 7.45. The predicted molar refractivity (Wildman–Crippen MR) is 108 cm³/mol. The molecule has 0 aromatic carbocycles. The van der Waals surface area contributed by atoms with Crippen LogP contribution in [0, 0.1) is 59.2 Å². The molecule has 24 heavy (non-hydrogen) atoms. The highest BCUT2D eigenvalue weighted by Gasteiger charge is 2.40. The van der Waals surface area contributed by atoms with Crippen molar-refractivity contribution in [2.45, 2.75) is 81.1 Å². The van der Waals surface area contributed by atoms with Gasteiger partial charge in [0.15, 0.2) is 0 Å². The lowest BCUT2D eigenvalue weighted by Gasteiger charge is -2.46. The van der Waals surface area contributed by atoms with Gasteiger partial charge in [-0.25, -0.2) is 0 Å². The van der Waals surface area contributed by atoms with Crippen LogP contribution in [0.1, 0.15) is 81.1 Å². The van der Waals surface area contributed by atoms with Crippen LogP contribution in [0.4, 0.5) is 0 Å². The Morgan fingerprint density at radius 1 is 0.750 bits per heavy atom. The van der Waals surface area contributed by atoms with Crippen molar-refractivity contribution in [3.63, 3.8) is 0 Å². The van der Waals surface area contributed by atoms with E-state index in [1.54, 1.807) is 5.57 Å². The molecule has 140 valence electrons. The third-order valence-corrected chi connectivity index (χ3v) is 8.83. The van der Waals surface area contributed by atoms with Crippen LogP contribution >= 0.6 is 0 Å². The Labute approximate surface area is 152 Å². The smallest absolute Gasteiger partial charge is 0.0149 e. The summed E-state index contributed by atoms with van der Waals surface area (Å²) in [6, 6.07) is 0. The van der Waals surface area contributed by atoms with E-state index in [9.17, 15) is 0 Å². The highest BCUT2D eigenvalue weighted by Crippen LogP contribution is 2.49. The SMILES string of the molecule is C=C(C(C)C(C)C1CCC(C)C(C)C1)C1C(C)CC(C)C(C)C1C. The van der Waals surface area contributed by atoms with Crippen molar-refractivity contribution in [3.05, 3.63) is 12.2 Å². The molecule has 0 amide bonds. The summed E-state index contributed by atoms with van der Waals surface area (Å²) in [4.78, 5) is 0. The maximum atomic E-state index is 4.69. The van der Waals surface area contributed by atoms with E-state index in [1.165, 1.54) is 25.7 Å². The zero-order chi connectivity index (χ0) is 18.2. The van der Waals surface area contributed by atoms with E-state index in [-0.39, 0.29) is 0 Å². The van der Waals surface area contributed by atoms with Crippen molar-refractivity contribution in [1.29, 1.82) is 0 Å². The Balaban J connectivity index is 2.05. The van der Waals surface area contributed by atoms with Crippen LogP contribution in [-0.2, 0) is 0 Å². The van der Waals surface area contributed by atoms with Crippen LogP contribution < -0.4 is 0 Å². The van der Waals surface area contributed by atoms with Crippen molar-refractivity contribution >= 4 is 0 Å². The molecule has 0 saturated heterocycles. The first kappa shape index (κ1) is 20.1. The Morgan fingerprint density at radius 3 is 1.96 bits per heavy atom. The molecule has 0 nitrogen and oxygen atoms in total. The largest absolute Gasteiger partial charge is 0.0993 e. The van der Waals surface area contributed by atoms with Crippen molar-refractivity contribution in [2.75, 3.05) is 0 Å². The number of rotatable bonds is 4. The number of hydrogen-bond donors (Lipinski definition) is 0. The highest BCUT2D eigenvalue weighted by atomic mass is 14.5. The molecule has 2 fully saturated rings. The summed E-state index contributed by atoms with van der Waals surface area (Å²) in [5, 5.41) is 0. The minimum absolute atomic E-state index is 0.672. The summed E-state index contributed by atoms with van der Waals surface area (Å²) in [5.74, 6) is 8.23. The lowest BCUT2D eigenvalue weighted by molar-refractivity contribution is 0.0792. The fourth-order valence-corrected chi connectivity index (χ4v) is 6.13. The fraction of sp³-hybridized carbons (Fsp3) is 0.917. The first-order valence-electron chi connectivity index (χ1n) is 10.8. The van der Waals surface area contributed by atoms with Crippen molar-refractivity contribution in [3.8, 4) is 0 Å². The second kappa shape index (κ2) is 7.96. The molecule has 0 bridgehead atoms. The van der Waals surface area contributed by atoms with Gasteiger partial charge in [-0.05, 0) is 78.4 Å². The molecule has 0 aromatic rings. The molecule has 10 unspecified atom stereocenters. The topological polar surface area (TPSA) is 0 Å². The van der Waals surface area contributed by atoms with Gasteiger partial charge in [0.2, 0.25) is 0 Å². The molecule has 0 heteroatoms. The third-order valence-electron chi connectivity index (χ3n) is 8.83. The van der Waals surface area contributed by atoms with Gasteiger partial charge in [-0.3, -0.25) is 0 Å². The molecule has 0 radical (unpaired) electrons. The molecule has 0 aliphatic heterocycles. The molecule has 2 aliphatic rings. The molecule has 0 spiro atoms. The summed E-state index contributed by atoms with van der Waals surface area (Å²) >= 11 is 0. The van der Waals surface area contributed by atoms with Crippen LogP contribution in [0.5, 0.6) is 0 Å².